The molecule has 2 saturated heterocycles. The topological polar surface area (TPSA) is 9.23 Å². The van der Waals surface area contributed by atoms with Crippen LogP contribution in [-0.2, 0) is 4.74 Å². The molecule has 1 heteroatoms. The van der Waals surface area contributed by atoms with E-state index in [9.17, 15) is 0 Å². The molecular weight excluding hydrogens is 196 g/mol. The predicted octanol–water partition coefficient (Wildman–Crippen LogP) is 4.65. The molecule has 3 fully saturated rings. The molecule has 0 radical (unpaired) electrons. The highest BCUT2D eigenvalue weighted by Gasteiger charge is 2.51. The van der Waals surface area contributed by atoms with Crippen LogP contribution in [0.25, 0.3) is 0 Å². The first-order chi connectivity index (χ1) is 7.51. The van der Waals surface area contributed by atoms with Gasteiger partial charge >= 0.3 is 0 Å². The van der Waals surface area contributed by atoms with Crippen molar-refractivity contribution < 1.29 is 4.74 Å². The van der Waals surface area contributed by atoms with Gasteiger partial charge in [-0.2, -0.15) is 0 Å². The molecule has 0 N–H and O–H groups in total. The minimum absolute atomic E-state index is 0.247. The Labute approximate surface area is 102 Å². The van der Waals surface area contributed by atoms with Gasteiger partial charge in [-0.15, -0.1) is 0 Å². The van der Waals surface area contributed by atoms with E-state index in [4.69, 9.17) is 4.74 Å². The van der Waals surface area contributed by atoms with Gasteiger partial charge in [-0.1, -0.05) is 41.5 Å². The number of fused-ring (bicyclic) bond motifs is 3. The summed E-state index contributed by atoms with van der Waals surface area (Å²) < 4.78 is 6.19. The van der Waals surface area contributed by atoms with E-state index in [-0.39, 0.29) is 5.60 Å². The van der Waals surface area contributed by atoms with E-state index < -0.39 is 0 Å². The van der Waals surface area contributed by atoms with E-state index in [2.05, 4.69) is 27.7 Å². The molecule has 0 aromatic heterocycles. The molecule has 1 aliphatic carbocycles. The van der Waals surface area contributed by atoms with E-state index in [0.717, 1.165) is 12.5 Å². The molecule has 0 atom stereocenters. The molecule has 0 aromatic carbocycles. The summed E-state index contributed by atoms with van der Waals surface area (Å²) in [4.78, 5) is 0. The summed E-state index contributed by atoms with van der Waals surface area (Å²) in [6.07, 6.45) is 5.37. The molecule has 3 aliphatic rings. The lowest BCUT2D eigenvalue weighted by Crippen LogP contribution is -2.55. The van der Waals surface area contributed by atoms with Crippen molar-refractivity contribution in [2.45, 2.75) is 72.8 Å². The molecule has 2 bridgehead atoms. The van der Waals surface area contributed by atoms with Gasteiger partial charge in [-0.05, 0) is 42.9 Å². The first kappa shape index (κ1) is 14.0. The summed E-state index contributed by atoms with van der Waals surface area (Å²) in [6, 6.07) is 0. The Morgan fingerprint density at radius 2 is 1.31 bits per heavy atom. The van der Waals surface area contributed by atoms with Gasteiger partial charge in [-0.25, -0.2) is 0 Å². The molecule has 96 valence electrons. The molecule has 0 unspecified atom stereocenters. The van der Waals surface area contributed by atoms with Crippen molar-refractivity contribution in [1.29, 1.82) is 0 Å². The zero-order chi connectivity index (χ0) is 12.4. The highest BCUT2D eigenvalue weighted by atomic mass is 16.5. The fourth-order valence-corrected chi connectivity index (χ4v) is 3.24. The Hall–Kier alpha value is -0.0400. The fraction of sp³-hybridized carbons (Fsp3) is 1.00. The number of rotatable bonds is 2. The lowest BCUT2D eigenvalue weighted by molar-refractivity contribution is -0.214. The van der Waals surface area contributed by atoms with Crippen LogP contribution < -0.4 is 0 Å². The molecule has 2 heterocycles. The molecular formula is C15H30O. The molecule has 3 rings (SSSR count). The van der Waals surface area contributed by atoms with Crippen molar-refractivity contribution in [3.05, 3.63) is 0 Å². The highest BCUT2D eigenvalue weighted by molar-refractivity contribution is 5.01. The van der Waals surface area contributed by atoms with Gasteiger partial charge in [-0.3, -0.25) is 0 Å². The van der Waals surface area contributed by atoms with Gasteiger partial charge in [0.25, 0.3) is 0 Å². The van der Waals surface area contributed by atoms with E-state index >= 15 is 0 Å². The number of hydrogen-bond acceptors (Lipinski definition) is 1. The average molecular weight is 226 g/mol. The van der Waals surface area contributed by atoms with E-state index in [1.807, 2.05) is 13.8 Å². The van der Waals surface area contributed by atoms with Gasteiger partial charge in [0, 0.05) is 0 Å². The third-order valence-electron chi connectivity index (χ3n) is 5.02. The zero-order valence-corrected chi connectivity index (χ0v) is 12.1. The van der Waals surface area contributed by atoms with Gasteiger partial charge in [0.15, 0.2) is 0 Å². The van der Waals surface area contributed by atoms with Crippen molar-refractivity contribution in [2.24, 2.45) is 17.3 Å². The Kier molecular flexibility index (Phi) is 4.45. The van der Waals surface area contributed by atoms with E-state index in [1.54, 1.807) is 0 Å². The molecule has 0 amide bonds. The van der Waals surface area contributed by atoms with Crippen molar-refractivity contribution in [1.82, 2.24) is 0 Å². The van der Waals surface area contributed by atoms with Crippen LogP contribution in [0.5, 0.6) is 0 Å². The lowest BCUT2D eigenvalue weighted by atomic mass is 9.59. The molecule has 2 aliphatic heterocycles. The largest absolute Gasteiger partial charge is 0.374 e. The van der Waals surface area contributed by atoms with Crippen LogP contribution in [0.15, 0.2) is 0 Å². The Morgan fingerprint density at radius 1 is 0.812 bits per heavy atom. The SMILES string of the molecule is CC.CC(C)C12CCC(C(C)C)(CC1)OC2. The first-order valence-electron chi connectivity index (χ1n) is 7.15. The Morgan fingerprint density at radius 3 is 1.56 bits per heavy atom. The van der Waals surface area contributed by atoms with Gasteiger partial charge in [0.2, 0.25) is 0 Å². The van der Waals surface area contributed by atoms with Crippen LogP contribution in [0.2, 0.25) is 0 Å². The normalized spacial score (nSPS) is 37.5. The maximum atomic E-state index is 6.19. The molecule has 0 spiro atoms. The maximum Gasteiger partial charge on any atom is 0.0706 e. The van der Waals surface area contributed by atoms with E-state index in [1.165, 1.54) is 25.7 Å². The average Bonchev–Trinajstić information content (AvgIpc) is 2.33. The molecule has 0 aromatic rings. The summed E-state index contributed by atoms with van der Waals surface area (Å²) in [5.74, 6) is 1.47. The Balaban J connectivity index is 0.000000606. The minimum Gasteiger partial charge on any atom is -0.374 e. The maximum absolute atomic E-state index is 6.19. The van der Waals surface area contributed by atoms with Crippen LogP contribution in [-0.4, -0.2) is 12.2 Å². The third kappa shape index (κ3) is 2.16. The van der Waals surface area contributed by atoms with Crippen molar-refractivity contribution in [3.63, 3.8) is 0 Å². The lowest BCUT2D eigenvalue weighted by Gasteiger charge is -2.56. The van der Waals surface area contributed by atoms with Crippen molar-refractivity contribution >= 4 is 0 Å². The van der Waals surface area contributed by atoms with E-state index in [0.29, 0.717) is 11.3 Å². The zero-order valence-electron chi connectivity index (χ0n) is 12.1. The second kappa shape index (κ2) is 5.08. The minimum atomic E-state index is 0.247. The number of ether oxygens (including phenoxy) is 1. The summed E-state index contributed by atoms with van der Waals surface area (Å²) in [7, 11) is 0. The molecule has 1 nitrogen and oxygen atoms in total. The summed E-state index contributed by atoms with van der Waals surface area (Å²) in [5, 5.41) is 0. The highest BCUT2D eigenvalue weighted by Crippen LogP contribution is 2.54. The van der Waals surface area contributed by atoms with Crippen LogP contribution in [0.1, 0.15) is 67.2 Å². The van der Waals surface area contributed by atoms with Gasteiger partial charge in [0.05, 0.1) is 12.2 Å². The Bertz CT molecular complexity index is 169. The fourth-order valence-electron chi connectivity index (χ4n) is 3.24. The summed E-state index contributed by atoms with van der Waals surface area (Å²) >= 11 is 0. The van der Waals surface area contributed by atoms with Crippen LogP contribution in [0.4, 0.5) is 0 Å². The number of hydrogen-bond donors (Lipinski definition) is 0. The third-order valence-corrected chi connectivity index (χ3v) is 5.02. The predicted molar refractivity (Wildman–Crippen MR) is 70.6 cm³/mol. The quantitative estimate of drug-likeness (QED) is 0.665. The second-order valence-corrected chi connectivity index (χ2v) is 6.03. The first-order valence-corrected chi connectivity index (χ1v) is 7.15. The second-order valence-electron chi connectivity index (χ2n) is 6.03. The molecule has 16 heavy (non-hydrogen) atoms. The van der Waals surface area contributed by atoms with Crippen LogP contribution >= 0.6 is 0 Å². The van der Waals surface area contributed by atoms with Gasteiger partial charge in [0.1, 0.15) is 0 Å². The van der Waals surface area contributed by atoms with Gasteiger partial charge < -0.3 is 4.74 Å². The van der Waals surface area contributed by atoms with Crippen LogP contribution in [0, 0.1) is 17.3 Å². The van der Waals surface area contributed by atoms with Crippen LogP contribution in [0.3, 0.4) is 0 Å². The standard InChI is InChI=1S/C13H24O.C2H6/c1-10(2)12-5-7-13(8-6-12,11(3)4)14-9-12;1-2/h10-11H,5-9H2,1-4H3;1-2H3. The summed E-state index contributed by atoms with van der Waals surface area (Å²) in [5.41, 5.74) is 0.771. The summed E-state index contributed by atoms with van der Waals surface area (Å²) in [6.45, 7) is 14.4. The monoisotopic (exact) mass is 226 g/mol. The smallest absolute Gasteiger partial charge is 0.0706 e. The van der Waals surface area contributed by atoms with Crippen molar-refractivity contribution in [2.75, 3.05) is 6.61 Å². The van der Waals surface area contributed by atoms with Crippen molar-refractivity contribution in [3.8, 4) is 0 Å². The molecule has 1 saturated carbocycles.